The molecule has 1 atom stereocenters. The number of nitrogens with two attached hydrogens (primary N) is 3. The molecule has 0 aliphatic heterocycles. The molecule has 0 bridgehead atoms. The highest BCUT2D eigenvalue weighted by atomic mass is 16.2. The summed E-state index contributed by atoms with van der Waals surface area (Å²) in [5, 5.41) is 2.39. The van der Waals surface area contributed by atoms with Crippen molar-refractivity contribution < 1.29 is 9.59 Å². The Kier molecular flexibility index (Phi) is 7.44. The van der Waals surface area contributed by atoms with E-state index in [9.17, 15) is 9.59 Å². The predicted octanol–water partition coefficient (Wildman–Crippen LogP) is -2.80. The first kappa shape index (κ1) is 14.8. The number of likely N-dealkylation sites (N-methyl/N-ethyl adjacent to an activating group) is 1. The lowest BCUT2D eigenvalue weighted by molar-refractivity contribution is -0.134. The molecule has 0 aromatic heterocycles. The van der Waals surface area contributed by atoms with Crippen LogP contribution in [0, 0.1) is 0 Å². The van der Waals surface area contributed by atoms with Gasteiger partial charge in [-0.25, -0.2) is 0 Å². The average molecular weight is 231 g/mol. The van der Waals surface area contributed by atoms with Crippen molar-refractivity contribution in [3.05, 3.63) is 0 Å². The Labute approximate surface area is 95.3 Å². The smallest absolute Gasteiger partial charge is 0.237 e. The van der Waals surface area contributed by atoms with E-state index in [4.69, 9.17) is 17.2 Å². The summed E-state index contributed by atoms with van der Waals surface area (Å²) in [4.78, 5) is 24.4. The van der Waals surface area contributed by atoms with E-state index in [2.05, 4.69) is 5.32 Å². The molecule has 0 aromatic rings. The fourth-order valence-electron chi connectivity index (χ4n) is 1.27. The zero-order chi connectivity index (χ0) is 12.6. The van der Waals surface area contributed by atoms with E-state index in [0.29, 0.717) is 26.2 Å². The van der Waals surface area contributed by atoms with Crippen LogP contribution in [0.5, 0.6) is 0 Å². The highest BCUT2D eigenvalue weighted by Crippen LogP contribution is 1.97. The predicted molar refractivity (Wildman–Crippen MR) is 61.3 cm³/mol. The van der Waals surface area contributed by atoms with Crippen molar-refractivity contribution in [3.63, 3.8) is 0 Å². The number of rotatable bonds is 7. The maximum absolute atomic E-state index is 11.7. The van der Waals surface area contributed by atoms with Gasteiger partial charge in [0, 0.05) is 33.2 Å². The van der Waals surface area contributed by atoms with Crippen LogP contribution in [0.2, 0.25) is 0 Å². The highest BCUT2D eigenvalue weighted by molar-refractivity contribution is 5.87. The number of nitrogens with one attached hydrogen (secondary N) is 1. The van der Waals surface area contributed by atoms with Gasteiger partial charge in [-0.1, -0.05) is 0 Å². The van der Waals surface area contributed by atoms with Crippen molar-refractivity contribution in [2.24, 2.45) is 17.2 Å². The van der Waals surface area contributed by atoms with E-state index in [1.807, 2.05) is 0 Å². The van der Waals surface area contributed by atoms with Gasteiger partial charge in [-0.05, 0) is 0 Å². The second kappa shape index (κ2) is 8.03. The number of hydrogen-bond donors (Lipinski definition) is 4. The van der Waals surface area contributed by atoms with Crippen LogP contribution in [0.3, 0.4) is 0 Å². The average Bonchev–Trinajstić information content (AvgIpc) is 2.27. The molecule has 7 N–H and O–H groups in total. The number of carbonyl (C=O) groups excluding carboxylic acids is 2. The molecular weight excluding hydrogens is 210 g/mol. The number of hydrogen-bond acceptors (Lipinski definition) is 5. The molecule has 1 unspecified atom stereocenters. The van der Waals surface area contributed by atoms with Crippen molar-refractivity contribution in [2.75, 3.05) is 33.2 Å². The van der Waals surface area contributed by atoms with Gasteiger partial charge in [0.2, 0.25) is 11.8 Å². The Morgan fingerprint density at radius 3 is 2.12 bits per heavy atom. The summed E-state index contributed by atoms with van der Waals surface area (Å²) in [6, 6.07) is -0.824. The zero-order valence-corrected chi connectivity index (χ0v) is 9.61. The Bertz CT molecular complexity index is 228. The molecule has 0 saturated carbocycles. The Morgan fingerprint density at radius 1 is 1.25 bits per heavy atom. The van der Waals surface area contributed by atoms with Gasteiger partial charge in [-0.3, -0.25) is 9.59 Å². The Hall–Kier alpha value is -1.18. The van der Waals surface area contributed by atoms with Gasteiger partial charge in [0.1, 0.15) is 0 Å². The highest BCUT2D eigenvalue weighted by Gasteiger charge is 2.19. The van der Waals surface area contributed by atoms with Crippen molar-refractivity contribution in [2.45, 2.75) is 12.5 Å². The Morgan fingerprint density at radius 2 is 1.75 bits per heavy atom. The van der Waals surface area contributed by atoms with Crippen molar-refractivity contribution >= 4 is 11.8 Å². The lowest BCUT2D eigenvalue weighted by Gasteiger charge is -2.22. The van der Waals surface area contributed by atoms with Gasteiger partial charge in [0.15, 0.2) is 0 Å². The normalized spacial score (nSPS) is 12.0. The maximum Gasteiger partial charge on any atom is 0.237 e. The summed E-state index contributed by atoms with van der Waals surface area (Å²) < 4.78 is 0. The minimum atomic E-state index is -0.824. The molecule has 0 radical (unpaired) electrons. The standard InChI is InChI=1S/C9H21N5O2/c1-13-9(16)7(12)6-8(15)14(4-2-10)5-3-11/h7H,2-6,10-12H2,1H3,(H,13,16). The van der Waals surface area contributed by atoms with Gasteiger partial charge < -0.3 is 27.4 Å². The summed E-state index contributed by atoms with van der Waals surface area (Å²) in [6.07, 6.45) is -0.0281. The van der Waals surface area contributed by atoms with Gasteiger partial charge >= 0.3 is 0 Å². The lowest BCUT2D eigenvalue weighted by Crippen LogP contribution is -2.45. The third-order valence-corrected chi connectivity index (χ3v) is 2.13. The molecule has 7 nitrogen and oxygen atoms in total. The first-order valence-corrected chi connectivity index (χ1v) is 5.21. The topological polar surface area (TPSA) is 127 Å². The lowest BCUT2D eigenvalue weighted by atomic mass is 10.2. The third-order valence-electron chi connectivity index (χ3n) is 2.13. The molecule has 7 heteroatoms. The fraction of sp³-hybridized carbons (Fsp3) is 0.778. The van der Waals surface area contributed by atoms with Crippen LogP contribution in [0.15, 0.2) is 0 Å². The first-order valence-electron chi connectivity index (χ1n) is 5.21. The molecule has 0 rings (SSSR count). The van der Waals surface area contributed by atoms with Crippen LogP contribution >= 0.6 is 0 Å². The molecule has 94 valence electrons. The second-order valence-electron chi connectivity index (χ2n) is 3.38. The third kappa shape index (κ3) is 5.06. The van der Waals surface area contributed by atoms with Gasteiger partial charge in [-0.15, -0.1) is 0 Å². The van der Waals surface area contributed by atoms with Crippen LogP contribution in [0.1, 0.15) is 6.42 Å². The number of carbonyl (C=O) groups is 2. The monoisotopic (exact) mass is 231 g/mol. The van der Waals surface area contributed by atoms with E-state index >= 15 is 0 Å². The molecule has 0 spiro atoms. The van der Waals surface area contributed by atoms with Gasteiger partial charge in [0.25, 0.3) is 0 Å². The quantitative estimate of drug-likeness (QED) is 0.376. The van der Waals surface area contributed by atoms with Crippen LogP contribution in [0.4, 0.5) is 0 Å². The van der Waals surface area contributed by atoms with E-state index in [-0.39, 0.29) is 18.2 Å². The van der Waals surface area contributed by atoms with Gasteiger partial charge in [-0.2, -0.15) is 0 Å². The minimum Gasteiger partial charge on any atom is -0.358 e. The summed E-state index contributed by atoms with van der Waals surface area (Å²) in [5.74, 6) is -0.555. The zero-order valence-electron chi connectivity index (χ0n) is 9.61. The molecule has 0 aromatic carbocycles. The largest absolute Gasteiger partial charge is 0.358 e. The SMILES string of the molecule is CNC(=O)C(N)CC(=O)N(CCN)CCN. The fourth-order valence-corrected chi connectivity index (χ4v) is 1.27. The van der Waals surface area contributed by atoms with E-state index in [1.165, 1.54) is 11.9 Å². The van der Waals surface area contributed by atoms with Crippen molar-refractivity contribution in [3.8, 4) is 0 Å². The summed E-state index contributed by atoms with van der Waals surface area (Å²) in [5.41, 5.74) is 16.3. The van der Waals surface area contributed by atoms with E-state index in [0.717, 1.165) is 0 Å². The molecule has 0 aliphatic rings. The van der Waals surface area contributed by atoms with Crippen LogP contribution in [-0.4, -0.2) is 56.0 Å². The number of nitrogens with zero attached hydrogens (tertiary/aromatic N) is 1. The van der Waals surface area contributed by atoms with Crippen molar-refractivity contribution in [1.82, 2.24) is 10.2 Å². The minimum absolute atomic E-state index is 0.0281. The second-order valence-corrected chi connectivity index (χ2v) is 3.38. The molecule has 2 amide bonds. The van der Waals surface area contributed by atoms with Crippen molar-refractivity contribution in [1.29, 1.82) is 0 Å². The van der Waals surface area contributed by atoms with E-state index in [1.54, 1.807) is 0 Å². The summed E-state index contributed by atoms with van der Waals surface area (Å²) in [6.45, 7) is 1.58. The van der Waals surface area contributed by atoms with E-state index < -0.39 is 6.04 Å². The molecule has 16 heavy (non-hydrogen) atoms. The van der Waals surface area contributed by atoms with Gasteiger partial charge in [0.05, 0.1) is 12.5 Å². The van der Waals surface area contributed by atoms with Crippen LogP contribution in [0.25, 0.3) is 0 Å². The Balaban J connectivity index is 4.23. The first-order chi connectivity index (χ1) is 7.56. The molecule has 0 saturated heterocycles. The summed E-state index contributed by atoms with van der Waals surface area (Å²) in [7, 11) is 1.48. The van der Waals surface area contributed by atoms with Crippen LogP contribution < -0.4 is 22.5 Å². The maximum atomic E-state index is 11.7. The molecular formula is C9H21N5O2. The molecule has 0 aliphatic carbocycles. The molecule has 0 fully saturated rings. The molecule has 0 heterocycles. The summed E-state index contributed by atoms with van der Waals surface area (Å²) >= 11 is 0. The van der Waals surface area contributed by atoms with Crippen LogP contribution in [-0.2, 0) is 9.59 Å². The number of amides is 2.